The maximum atomic E-state index is 6.22. The van der Waals surface area contributed by atoms with Crippen LogP contribution in [0.1, 0.15) is 68.2 Å². The van der Waals surface area contributed by atoms with E-state index in [1.807, 2.05) is 0 Å². The molecule has 0 bridgehead atoms. The molecule has 0 fully saturated rings. The minimum atomic E-state index is 0.192. The predicted molar refractivity (Wildman–Crippen MR) is 105 cm³/mol. The lowest BCUT2D eigenvalue weighted by Gasteiger charge is -2.26. The van der Waals surface area contributed by atoms with E-state index in [1.165, 1.54) is 55.2 Å². The molecule has 3 rings (SSSR count). The monoisotopic (exact) mass is 386 g/mol. The molecule has 24 heavy (non-hydrogen) atoms. The van der Waals surface area contributed by atoms with Crippen molar-refractivity contribution in [3.05, 3.63) is 63.6 Å². The molecule has 0 saturated heterocycles. The number of hydrogen-bond donors (Lipinski definition) is 0. The van der Waals surface area contributed by atoms with Gasteiger partial charge in [0.2, 0.25) is 0 Å². The van der Waals surface area contributed by atoms with Crippen LogP contribution in [0, 0.1) is 0 Å². The summed E-state index contributed by atoms with van der Waals surface area (Å²) in [6, 6.07) is 15.4. The van der Waals surface area contributed by atoms with Crippen molar-refractivity contribution in [3.63, 3.8) is 0 Å². The van der Waals surface area contributed by atoms with Gasteiger partial charge in [-0.3, -0.25) is 0 Å². The molecule has 1 atom stereocenters. The van der Waals surface area contributed by atoms with Crippen LogP contribution in [-0.4, -0.2) is 0 Å². The average molecular weight is 387 g/mol. The molecule has 0 aliphatic carbocycles. The second-order valence-corrected chi connectivity index (χ2v) is 7.72. The van der Waals surface area contributed by atoms with Crippen LogP contribution < -0.4 is 4.74 Å². The number of hydrogen-bond acceptors (Lipinski definition) is 1. The van der Waals surface area contributed by atoms with Crippen molar-refractivity contribution < 1.29 is 4.74 Å². The Hall–Kier alpha value is -1.28. The second-order valence-electron chi connectivity index (χ2n) is 6.80. The van der Waals surface area contributed by atoms with Crippen molar-refractivity contribution in [1.82, 2.24) is 0 Å². The number of halogens is 1. The first kappa shape index (κ1) is 17.5. The number of fused-ring (bicyclic) bond motifs is 1. The molecule has 2 heteroatoms. The van der Waals surface area contributed by atoms with E-state index in [2.05, 4.69) is 65.3 Å². The SMILES string of the molecule is CCCCCCCc1ccc(C2CCc3cc(Br)ccc3O2)cc1. The van der Waals surface area contributed by atoms with Gasteiger partial charge in [0.1, 0.15) is 11.9 Å². The smallest absolute Gasteiger partial charge is 0.124 e. The first-order chi connectivity index (χ1) is 11.8. The second kappa shape index (κ2) is 8.71. The molecule has 2 aromatic rings. The van der Waals surface area contributed by atoms with Crippen LogP contribution in [-0.2, 0) is 12.8 Å². The third kappa shape index (κ3) is 4.63. The van der Waals surface area contributed by atoms with E-state index >= 15 is 0 Å². The summed E-state index contributed by atoms with van der Waals surface area (Å²) in [6.45, 7) is 2.27. The summed E-state index contributed by atoms with van der Waals surface area (Å²) in [5.74, 6) is 1.04. The quantitative estimate of drug-likeness (QED) is 0.464. The maximum absolute atomic E-state index is 6.22. The van der Waals surface area contributed by atoms with Gasteiger partial charge in [0.15, 0.2) is 0 Å². The van der Waals surface area contributed by atoms with Gasteiger partial charge in [-0.1, -0.05) is 72.8 Å². The number of unbranched alkanes of at least 4 members (excludes halogenated alkanes) is 4. The molecule has 1 aliphatic heterocycles. The Labute approximate surface area is 154 Å². The molecular weight excluding hydrogens is 360 g/mol. The van der Waals surface area contributed by atoms with Gasteiger partial charge in [0.05, 0.1) is 0 Å². The zero-order valence-corrected chi connectivity index (χ0v) is 16.1. The van der Waals surface area contributed by atoms with E-state index in [0.29, 0.717) is 0 Å². The van der Waals surface area contributed by atoms with E-state index in [0.717, 1.165) is 23.1 Å². The summed E-state index contributed by atoms with van der Waals surface area (Å²) in [5.41, 5.74) is 4.07. The molecule has 0 aromatic heterocycles. The molecular formula is C22H27BrO. The van der Waals surface area contributed by atoms with Crippen molar-refractivity contribution in [2.24, 2.45) is 0 Å². The van der Waals surface area contributed by atoms with Gasteiger partial charge in [-0.05, 0) is 60.6 Å². The summed E-state index contributed by atoms with van der Waals surface area (Å²) in [6.07, 6.45) is 10.3. The highest BCUT2D eigenvalue weighted by Crippen LogP contribution is 2.36. The fourth-order valence-corrected chi connectivity index (χ4v) is 3.83. The largest absolute Gasteiger partial charge is 0.485 e. The molecule has 0 radical (unpaired) electrons. The number of aryl methyl sites for hydroxylation is 2. The van der Waals surface area contributed by atoms with E-state index < -0.39 is 0 Å². The van der Waals surface area contributed by atoms with Crippen molar-refractivity contribution >= 4 is 15.9 Å². The van der Waals surface area contributed by atoms with E-state index in [1.54, 1.807) is 0 Å². The standard InChI is InChI=1S/C22H27BrO/c1-2-3-4-5-6-7-17-8-10-18(11-9-17)21-14-12-19-16-20(23)13-15-22(19)24-21/h8-11,13,15-16,21H,2-7,12,14H2,1H3. The Morgan fingerprint density at radius 2 is 1.79 bits per heavy atom. The molecule has 0 spiro atoms. The van der Waals surface area contributed by atoms with Gasteiger partial charge in [-0.2, -0.15) is 0 Å². The van der Waals surface area contributed by atoms with Crippen LogP contribution in [0.2, 0.25) is 0 Å². The van der Waals surface area contributed by atoms with E-state index in [4.69, 9.17) is 4.74 Å². The number of benzene rings is 2. The molecule has 0 amide bonds. The third-order valence-electron chi connectivity index (χ3n) is 4.89. The Balaban J connectivity index is 1.55. The number of rotatable bonds is 7. The summed E-state index contributed by atoms with van der Waals surface area (Å²) in [7, 11) is 0. The lowest BCUT2D eigenvalue weighted by atomic mass is 9.96. The first-order valence-corrected chi connectivity index (χ1v) is 10.1. The molecule has 1 aliphatic rings. The molecule has 0 saturated carbocycles. The van der Waals surface area contributed by atoms with Gasteiger partial charge in [-0.15, -0.1) is 0 Å². The Bertz CT molecular complexity index is 648. The van der Waals surface area contributed by atoms with Crippen LogP contribution in [0.5, 0.6) is 5.75 Å². The summed E-state index contributed by atoms with van der Waals surface area (Å²) >= 11 is 3.54. The Kier molecular flexibility index (Phi) is 6.37. The third-order valence-corrected chi connectivity index (χ3v) is 5.38. The van der Waals surface area contributed by atoms with Crippen molar-refractivity contribution in [1.29, 1.82) is 0 Å². The topological polar surface area (TPSA) is 9.23 Å². The summed E-state index contributed by atoms with van der Waals surface area (Å²) in [5, 5.41) is 0. The molecule has 1 nitrogen and oxygen atoms in total. The Morgan fingerprint density at radius 1 is 1.00 bits per heavy atom. The van der Waals surface area contributed by atoms with Crippen LogP contribution >= 0.6 is 15.9 Å². The minimum absolute atomic E-state index is 0.192. The molecule has 2 aromatic carbocycles. The van der Waals surface area contributed by atoms with E-state index in [9.17, 15) is 0 Å². The zero-order chi connectivity index (χ0) is 16.8. The van der Waals surface area contributed by atoms with Gasteiger partial charge in [0, 0.05) is 4.47 Å². The Morgan fingerprint density at radius 3 is 2.58 bits per heavy atom. The normalized spacial score (nSPS) is 16.5. The first-order valence-electron chi connectivity index (χ1n) is 9.30. The van der Waals surface area contributed by atoms with Crippen molar-refractivity contribution in [3.8, 4) is 5.75 Å². The summed E-state index contributed by atoms with van der Waals surface area (Å²) < 4.78 is 7.35. The van der Waals surface area contributed by atoms with Gasteiger partial charge in [0.25, 0.3) is 0 Å². The highest BCUT2D eigenvalue weighted by atomic mass is 79.9. The minimum Gasteiger partial charge on any atom is -0.485 e. The average Bonchev–Trinajstić information content (AvgIpc) is 2.62. The van der Waals surface area contributed by atoms with Crippen molar-refractivity contribution in [2.45, 2.75) is 64.4 Å². The van der Waals surface area contributed by atoms with Gasteiger partial charge >= 0.3 is 0 Å². The molecule has 0 N–H and O–H groups in total. The molecule has 1 heterocycles. The van der Waals surface area contributed by atoms with Crippen molar-refractivity contribution in [2.75, 3.05) is 0 Å². The van der Waals surface area contributed by atoms with Crippen LogP contribution in [0.25, 0.3) is 0 Å². The van der Waals surface area contributed by atoms with Crippen LogP contribution in [0.3, 0.4) is 0 Å². The highest BCUT2D eigenvalue weighted by molar-refractivity contribution is 9.10. The van der Waals surface area contributed by atoms with E-state index in [-0.39, 0.29) is 6.10 Å². The van der Waals surface area contributed by atoms with Crippen LogP contribution in [0.4, 0.5) is 0 Å². The number of ether oxygens (including phenoxy) is 1. The lowest BCUT2D eigenvalue weighted by Crippen LogP contribution is -2.15. The summed E-state index contributed by atoms with van der Waals surface area (Å²) in [4.78, 5) is 0. The fourth-order valence-electron chi connectivity index (χ4n) is 3.42. The highest BCUT2D eigenvalue weighted by Gasteiger charge is 2.21. The fraction of sp³-hybridized carbons (Fsp3) is 0.455. The van der Waals surface area contributed by atoms with Gasteiger partial charge < -0.3 is 4.74 Å². The van der Waals surface area contributed by atoms with Gasteiger partial charge in [-0.25, -0.2) is 0 Å². The predicted octanol–water partition coefficient (Wildman–Crippen LogP) is 7.03. The molecule has 128 valence electrons. The maximum Gasteiger partial charge on any atom is 0.124 e. The molecule has 1 unspecified atom stereocenters. The van der Waals surface area contributed by atoms with Crippen LogP contribution in [0.15, 0.2) is 46.9 Å². The lowest BCUT2D eigenvalue weighted by molar-refractivity contribution is 0.176. The zero-order valence-electron chi connectivity index (χ0n) is 14.6.